The third-order valence-electron chi connectivity index (χ3n) is 6.77. The summed E-state index contributed by atoms with van der Waals surface area (Å²) in [6, 6.07) is 19.3. The van der Waals surface area contributed by atoms with Crippen molar-refractivity contribution in [1.29, 1.82) is 0 Å². The Labute approximate surface area is 182 Å². The lowest BCUT2D eigenvalue weighted by Gasteiger charge is -2.41. The van der Waals surface area contributed by atoms with E-state index >= 15 is 0 Å². The van der Waals surface area contributed by atoms with E-state index in [0.717, 1.165) is 40.6 Å². The zero-order chi connectivity index (χ0) is 21.6. The number of ether oxygens (including phenoxy) is 1. The fourth-order valence-electron chi connectivity index (χ4n) is 4.95. The van der Waals surface area contributed by atoms with Crippen LogP contribution in [0, 0.1) is 0 Å². The Morgan fingerprint density at radius 2 is 1.81 bits per heavy atom. The molecule has 5 nitrogen and oxygen atoms in total. The molecule has 0 spiro atoms. The molecule has 0 radical (unpaired) electrons. The second kappa shape index (κ2) is 7.41. The van der Waals surface area contributed by atoms with E-state index in [1.807, 2.05) is 60.7 Å². The average Bonchev–Trinajstić information content (AvgIpc) is 3.07. The van der Waals surface area contributed by atoms with Crippen molar-refractivity contribution < 1.29 is 14.3 Å². The fourth-order valence-corrected chi connectivity index (χ4v) is 4.95. The van der Waals surface area contributed by atoms with Crippen LogP contribution in [0.4, 0.5) is 5.69 Å². The standard InChI is InChI=1S/C26H26N2O3/c1-3-26(4-2)15-20(18-11-5-6-14-22(18)31-26)27-23(29)16-28-21-13-8-10-17-9-7-12-19(24(17)21)25(28)30/h5-14,20H,3-4,15-16H2,1-2H3,(H,27,29)/t20-/m1/s1. The maximum atomic E-state index is 13.1. The number of anilines is 1. The number of carbonyl (C=O) groups excluding carboxylic acids is 2. The molecule has 0 saturated carbocycles. The number of nitrogens with one attached hydrogen (secondary N) is 1. The van der Waals surface area contributed by atoms with Gasteiger partial charge in [0.25, 0.3) is 5.91 Å². The van der Waals surface area contributed by atoms with E-state index in [-0.39, 0.29) is 30.0 Å². The summed E-state index contributed by atoms with van der Waals surface area (Å²) in [4.78, 5) is 27.7. The molecule has 3 aromatic carbocycles. The number of nitrogens with zero attached hydrogens (tertiary/aromatic N) is 1. The number of hydrogen-bond donors (Lipinski definition) is 1. The van der Waals surface area contributed by atoms with Crippen LogP contribution < -0.4 is 15.0 Å². The summed E-state index contributed by atoms with van der Waals surface area (Å²) in [5, 5.41) is 5.13. The van der Waals surface area contributed by atoms with Crippen molar-refractivity contribution in [2.45, 2.75) is 44.8 Å². The van der Waals surface area contributed by atoms with Crippen LogP contribution in [-0.4, -0.2) is 24.0 Å². The Hall–Kier alpha value is -3.34. The predicted molar refractivity (Wildman–Crippen MR) is 122 cm³/mol. The Balaban J connectivity index is 1.40. The second-order valence-corrected chi connectivity index (χ2v) is 8.43. The van der Waals surface area contributed by atoms with Crippen LogP contribution in [0.3, 0.4) is 0 Å². The van der Waals surface area contributed by atoms with Gasteiger partial charge in [-0.1, -0.05) is 56.3 Å². The van der Waals surface area contributed by atoms with E-state index < -0.39 is 0 Å². The normalized spacial score (nSPS) is 18.6. The molecule has 0 aromatic heterocycles. The molecule has 2 heterocycles. The lowest BCUT2D eigenvalue weighted by molar-refractivity contribution is -0.121. The minimum absolute atomic E-state index is 0.00258. The summed E-state index contributed by atoms with van der Waals surface area (Å²) in [5.74, 6) is 0.545. The topological polar surface area (TPSA) is 58.6 Å². The van der Waals surface area contributed by atoms with Gasteiger partial charge in [0.15, 0.2) is 0 Å². The summed E-state index contributed by atoms with van der Waals surface area (Å²) in [6.07, 6.45) is 2.45. The number of amides is 2. The number of hydrogen-bond acceptors (Lipinski definition) is 3. The zero-order valence-electron chi connectivity index (χ0n) is 17.9. The van der Waals surface area contributed by atoms with Crippen molar-refractivity contribution in [2.24, 2.45) is 0 Å². The maximum Gasteiger partial charge on any atom is 0.259 e. The molecule has 3 aromatic rings. The molecule has 1 atom stereocenters. The van der Waals surface area contributed by atoms with Crippen molar-refractivity contribution in [3.63, 3.8) is 0 Å². The summed E-state index contributed by atoms with van der Waals surface area (Å²) in [6.45, 7) is 4.24. The third-order valence-corrected chi connectivity index (χ3v) is 6.77. The van der Waals surface area contributed by atoms with E-state index in [2.05, 4.69) is 19.2 Å². The highest BCUT2D eigenvalue weighted by atomic mass is 16.5. The van der Waals surface area contributed by atoms with Gasteiger partial charge < -0.3 is 10.1 Å². The summed E-state index contributed by atoms with van der Waals surface area (Å²) in [7, 11) is 0. The van der Waals surface area contributed by atoms with Gasteiger partial charge in [0, 0.05) is 22.9 Å². The largest absolute Gasteiger partial charge is 0.487 e. The van der Waals surface area contributed by atoms with Gasteiger partial charge in [0.05, 0.1) is 11.7 Å². The Bertz CT molecular complexity index is 1180. The average molecular weight is 415 g/mol. The van der Waals surface area contributed by atoms with Gasteiger partial charge in [-0.15, -0.1) is 0 Å². The molecule has 1 N–H and O–H groups in total. The van der Waals surface area contributed by atoms with Crippen molar-refractivity contribution in [3.05, 3.63) is 71.8 Å². The van der Waals surface area contributed by atoms with Crippen molar-refractivity contribution in [1.82, 2.24) is 5.32 Å². The summed E-state index contributed by atoms with van der Waals surface area (Å²) >= 11 is 0. The van der Waals surface area contributed by atoms with Crippen LogP contribution in [-0.2, 0) is 4.79 Å². The minimum Gasteiger partial charge on any atom is -0.487 e. The number of rotatable bonds is 5. The first-order chi connectivity index (χ1) is 15.0. The van der Waals surface area contributed by atoms with E-state index in [9.17, 15) is 9.59 Å². The summed E-state index contributed by atoms with van der Waals surface area (Å²) in [5.41, 5.74) is 2.16. The molecule has 0 saturated heterocycles. The van der Waals surface area contributed by atoms with Gasteiger partial charge >= 0.3 is 0 Å². The quantitative estimate of drug-likeness (QED) is 0.639. The number of benzene rings is 3. The van der Waals surface area contributed by atoms with Crippen LogP contribution in [0.2, 0.25) is 0 Å². The van der Waals surface area contributed by atoms with Gasteiger partial charge in [-0.3, -0.25) is 14.5 Å². The molecule has 0 unspecified atom stereocenters. The Kier molecular flexibility index (Phi) is 4.69. The second-order valence-electron chi connectivity index (χ2n) is 8.43. The first-order valence-corrected chi connectivity index (χ1v) is 11.0. The molecule has 0 bridgehead atoms. The number of para-hydroxylation sites is 1. The van der Waals surface area contributed by atoms with Gasteiger partial charge in [0.2, 0.25) is 5.91 Å². The zero-order valence-corrected chi connectivity index (χ0v) is 17.9. The third kappa shape index (κ3) is 3.16. The van der Waals surface area contributed by atoms with Crippen LogP contribution in [0.25, 0.3) is 10.8 Å². The number of fused-ring (bicyclic) bond motifs is 1. The molecule has 0 fully saturated rings. The van der Waals surface area contributed by atoms with Crippen LogP contribution in [0.5, 0.6) is 5.75 Å². The van der Waals surface area contributed by atoms with Gasteiger partial charge in [-0.25, -0.2) is 0 Å². The summed E-state index contributed by atoms with van der Waals surface area (Å²) < 4.78 is 6.35. The molecule has 2 amide bonds. The lowest BCUT2D eigenvalue weighted by Crippen LogP contribution is -2.47. The van der Waals surface area contributed by atoms with Crippen LogP contribution in [0.1, 0.15) is 55.1 Å². The van der Waals surface area contributed by atoms with Crippen molar-refractivity contribution in [3.8, 4) is 5.75 Å². The van der Waals surface area contributed by atoms with Gasteiger partial charge in [-0.2, -0.15) is 0 Å². The molecule has 5 heteroatoms. The van der Waals surface area contributed by atoms with E-state index in [1.54, 1.807) is 4.90 Å². The van der Waals surface area contributed by atoms with Crippen molar-refractivity contribution in [2.75, 3.05) is 11.4 Å². The van der Waals surface area contributed by atoms with Crippen molar-refractivity contribution >= 4 is 28.3 Å². The Morgan fingerprint density at radius 1 is 1.06 bits per heavy atom. The molecule has 31 heavy (non-hydrogen) atoms. The fraction of sp³-hybridized carbons (Fsp3) is 0.308. The highest BCUT2D eigenvalue weighted by molar-refractivity contribution is 6.26. The molecule has 5 rings (SSSR count). The SMILES string of the molecule is CCC1(CC)C[C@@H](NC(=O)CN2C(=O)c3cccc4cccc2c34)c2ccccc2O1. The van der Waals surface area contributed by atoms with Crippen LogP contribution >= 0.6 is 0 Å². The smallest absolute Gasteiger partial charge is 0.259 e. The van der Waals surface area contributed by atoms with E-state index in [0.29, 0.717) is 12.0 Å². The monoisotopic (exact) mass is 414 g/mol. The first kappa shape index (κ1) is 19.6. The molecule has 2 aliphatic heterocycles. The molecular formula is C26H26N2O3. The van der Waals surface area contributed by atoms with Gasteiger partial charge in [0.1, 0.15) is 17.9 Å². The highest BCUT2D eigenvalue weighted by Gasteiger charge is 2.39. The number of carbonyl (C=O) groups is 2. The maximum absolute atomic E-state index is 13.1. The molecule has 158 valence electrons. The highest BCUT2D eigenvalue weighted by Crippen LogP contribution is 2.43. The van der Waals surface area contributed by atoms with E-state index in [4.69, 9.17) is 4.74 Å². The van der Waals surface area contributed by atoms with Crippen LogP contribution in [0.15, 0.2) is 60.7 Å². The molecule has 2 aliphatic rings. The molecule has 0 aliphatic carbocycles. The van der Waals surface area contributed by atoms with Gasteiger partial charge in [-0.05, 0) is 36.4 Å². The lowest BCUT2D eigenvalue weighted by atomic mass is 9.83. The minimum atomic E-state index is -0.294. The first-order valence-electron chi connectivity index (χ1n) is 11.0. The molecular weight excluding hydrogens is 388 g/mol. The Morgan fingerprint density at radius 3 is 2.58 bits per heavy atom. The van der Waals surface area contributed by atoms with E-state index in [1.165, 1.54) is 0 Å². The predicted octanol–water partition coefficient (Wildman–Crippen LogP) is 5.00.